The summed E-state index contributed by atoms with van der Waals surface area (Å²) in [4.78, 5) is 12.8. The van der Waals surface area contributed by atoms with Crippen molar-refractivity contribution in [3.8, 4) is 23.0 Å². The standard InChI is InChI=1S/C35H31BrN2O4/c36-34-23-28(35(39)37-21-20-26-14-18-32(19-15-26)41-30-9-3-1-4-10-30)16-17-29(34)25-38(40)24-27-8-7-13-33(22-27)42-31-11-5-2-6-12-31/h1-19,22-23,40H,20-21,24-25H2,(H,37,39). The predicted molar refractivity (Wildman–Crippen MR) is 167 cm³/mol. The fourth-order valence-electron chi connectivity index (χ4n) is 4.38. The molecule has 5 aromatic rings. The summed E-state index contributed by atoms with van der Waals surface area (Å²) in [5.41, 5.74) is 3.43. The minimum absolute atomic E-state index is 0.151. The van der Waals surface area contributed by atoms with Crippen LogP contribution in [-0.2, 0) is 19.5 Å². The molecule has 5 aromatic carbocycles. The van der Waals surface area contributed by atoms with E-state index in [9.17, 15) is 10.0 Å². The molecule has 0 spiro atoms. The number of carbonyl (C=O) groups excluding carboxylic acids is 1. The molecule has 0 saturated heterocycles. The molecular weight excluding hydrogens is 592 g/mol. The van der Waals surface area contributed by atoms with E-state index in [2.05, 4.69) is 21.2 Å². The van der Waals surface area contributed by atoms with E-state index in [1.165, 1.54) is 5.06 Å². The first-order valence-corrected chi connectivity index (χ1v) is 14.5. The Labute approximate surface area is 254 Å². The Kier molecular flexibility index (Phi) is 10.0. The van der Waals surface area contributed by atoms with E-state index >= 15 is 0 Å². The highest BCUT2D eigenvalue weighted by molar-refractivity contribution is 9.10. The maximum absolute atomic E-state index is 12.8. The number of hydroxylamine groups is 2. The number of hydrogen-bond acceptors (Lipinski definition) is 5. The molecule has 0 saturated carbocycles. The molecule has 1 amide bonds. The van der Waals surface area contributed by atoms with Gasteiger partial charge in [-0.25, -0.2) is 0 Å². The first-order valence-electron chi connectivity index (χ1n) is 13.7. The maximum Gasteiger partial charge on any atom is 0.251 e. The average molecular weight is 624 g/mol. The van der Waals surface area contributed by atoms with Gasteiger partial charge in [0.2, 0.25) is 0 Å². The monoisotopic (exact) mass is 622 g/mol. The molecule has 212 valence electrons. The first kappa shape index (κ1) is 29.1. The van der Waals surface area contributed by atoms with Crippen LogP contribution in [0.15, 0.2) is 132 Å². The number of para-hydroxylation sites is 2. The summed E-state index contributed by atoms with van der Waals surface area (Å²) in [7, 11) is 0. The van der Waals surface area contributed by atoms with Gasteiger partial charge in [0.05, 0.1) is 6.54 Å². The quantitative estimate of drug-likeness (QED) is 0.137. The minimum Gasteiger partial charge on any atom is -0.457 e. The lowest BCUT2D eigenvalue weighted by Crippen LogP contribution is -2.25. The van der Waals surface area contributed by atoms with Crippen LogP contribution in [0.1, 0.15) is 27.0 Å². The second-order valence-corrected chi connectivity index (χ2v) is 10.6. The number of hydrogen-bond donors (Lipinski definition) is 2. The number of nitrogens with one attached hydrogen (secondary N) is 1. The molecule has 0 radical (unpaired) electrons. The van der Waals surface area contributed by atoms with Crippen molar-refractivity contribution in [2.45, 2.75) is 19.5 Å². The number of rotatable bonds is 12. The first-order chi connectivity index (χ1) is 20.5. The Bertz CT molecular complexity index is 1600. The van der Waals surface area contributed by atoms with E-state index in [-0.39, 0.29) is 12.5 Å². The van der Waals surface area contributed by atoms with Crippen molar-refractivity contribution in [1.29, 1.82) is 0 Å². The van der Waals surface area contributed by atoms with Gasteiger partial charge in [0.25, 0.3) is 5.91 Å². The van der Waals surface area contributed by atoms with Gasteiger partial charge in [0, 0.05) is 23.1 Å². The van der Waals surface area contributed by atoms with Crippen LogP contribution in [0.25, 0.3) is 0 Å². The Balaban J connectivity index is 1.09. The van der Waals surface area contributed by atoms with Crippen molar-refractivity contribution in [1.82, 2.24) is 10.4 Å². The molecular formula is C35H31BrN2O4. The zero-order valence-electron chi connectivity index (χ0n) is 22.9. The van der Waals surface area contributed by atoms with Gasteiger partial charge >= 0.3 is 0 Å². The van der Waals surface area contributed by atoms with E-state index in [1.807, 2.05) is 115 Å². The van der Waals surface area contributed by atoms with E-state index in [0.717, 1.165) is 38.4 Å². The number of carbonyl (C=O) groups is 1. The fraction of sp³-hybridized carbons (Fsp3) is 0.114. The molecule has 0 unspecified atom stereocenters. The SMILES string of the molecule is O=C(NCCc1ccc(Oc2ccccc2)cc1)c1ccc(CN(O)Cc2cccc(Oc3ccccc3)c2)c(Br)c1. The average Bonchev–Trinajstić information content (AvgIpc) is 3.00. The molecule has 0 aromatic heterocycles. The van der Waals surface area contributed by atoms with Crippen LogP contribution in [0.2, 0.25) is 0 Å². The lowest BCUT2D eigenvalue weighted by molar-refractivity contribution is -0.108. The summed E-state index contributed by atoms with van der Waals surface area (Å²) in [5, 5.41) is 14.9. The second kappa shape index (κ2) is 14.5. The van der Waals surface area contributed by atoms with Crippen LogP contribution >= 0.6 is 15.9 Å². The molecule has 7 heteroatoms. The molecule has 0 aliphatic carbocycles. The largest absolute Gasteiger partial charge is 0.457 e. The molecule has 42 heavy (non-hydrogen) atoms. The summed E-state index contributed by atoms with van der Waals surface area (Å²) in [6.45, 7) is 1.12. The van der Waals surface area contributed by atoms with Crippen LogP contribution in [0.5, 0.6) is 23.0 Å². The number of ether oxygens (including phenoxy) is 2. The third-order valence-electron chi connectivity index (χ3n) is 6.51. The smallest absolute Gasteiger partial charge is 0.251 e. The maximum atomic E-state index is 12.8. The topological polar surface area (TPSA) is 71.0 Å². The molecule has 5 rings (SSSR count). The van der Waals surface area contributed by atoms with E-state index in [1.54, 1.807) is 12.1 Å². The molecule has 0 aliphatic rings. The van der Waals surface area contributed by atoms with Gasteiger partial charge in [-0.2, -0.15) is 5.06 Å². The zero-order chi connectivity index (χ0) is 29.1. The molecule has 0 heterocycles. The summed E-state index contributed by atoms with van der Waals surface area (Å²) in [6.07, 6.45) is 0.702. The number of halogens is 1. The normalized spacial score (nSPS) is 10.8. The highest BCUT2D eigenvalue weighted by atomic mass is 79.9. The lowest BCUT2D eigenvalue weighted by Gasteiger charge is -2.17. The van der Waals surface area contributed by atoms with E-state index in [4.69, 9.17) is 9.47 Å². The van der Waals surface area contributed by atoms with E-state index in [0.29, 0.717) is 30.8 Å². The van der Waals surface area contributed by atoms with Gasteiger partial charge in [-0.1, -0.05) is 82.7 Å². The minimum atomic E-state index is -0.151. The Morgan fingerprint density at radius 3 is 1.95 bits per heavy atom. The van der Waals surface area contributed by atoms with Crippen molar-refractivity contribution in [3.63, 3.8) is 0 Å². The van der Waals surface area contributed by atoms with Crippen LogP contribution in [0.3, 0.4) is 0 Å². The van der Waals surface area contributed by atoms with Gasteiger partial charge in [0.15, 0.2) is 0 Å². The summed E-state index contributed by atoms with van der Waals surface area (Å²) >= 11 is 3.56. The van der Waals surface area contributed by atoms with Crippen molar-refractivity contribution in [2.24, 2.45) is 0 Å². The molecule has 2 N–H and O–H groups in total. The Morgan fingerprint density at radius 2 is 1.29 bits per heavy atom. The van der Waals surface area contributed by atoms with Crippen LogP contribution in [0, 0.1) is 0 Å². The number of amides is 1. The van der Waals surface area contributed by atoms with Crippen LogP contribution in [-0.4, -0.2) is 22.7 Å². The lowest BCUT2D eigenvalue weighted by atomic mass is 10.1. The third-order valence-corrected chi connectivity index (χ3v) is 7.25. The van der Waals surface area contributed by atoms with Gasteiger partial charge in [-0.05, 0) is 83.8 Å². The second-order valence-electron chi connectivity index (χ2n) is 9.76. The summed E-state index contributed by atoms with van der Waals surface area (Å²) in [6, 6.07) is 40.1. The fourth-order valence-corrected chi connectivity index (χ4v) is 4.89. The molecule has 0 fully saturated rings. The molecule has 0 atom stereocenters. The van der Waals surface area contributed by atoms with Gasteiger partial charge in [-0.15, -0.1) is 0 Å². The van der Waals surface area contributed by atoms with Gasteiger partial charge < -0.3 is 20.0 Å². The summed E-state index contributed by atoms with van der Waals surface area (Å²) in [5.74, 6) is 2.87. The van der Waals surface area contributed by atoms with Crippen molar-refractivity contribution < 1.29 is 19.5 Å². The molecule has 0 bridgehead atoms. The van der Waals surface area contributed by atoms with Crippen LogP contribution in [0.4, 0.5) is 0 Å². The Morgan fingerprint density at radius 1 is 0.667 bits per heavy atom. The summed E-state index contributed by atoms with van der Waals surface area (Å²) < 4.78 is 12.5. The zero-order valence-corrected chi connectivity index (χ0v) is 24.5. The van der Waals surface area contributed by atoms with Crippen LogP contribution < -0.4 is 14.8 Å². The van der Waals surface area contributed by atoms with Gasteiger partial charge in [-0.3, -0.25) is 4.79 Å². The Hall–Kier alpha value is -4.43. The van der Waals surface area contributed by atoms with Crippen molar-refractivity contribution in [3.05, 3.63) is 154 Å². The van der Waals surface area contributed by atoms with Crippen molar-refractivity contribution >= 4 is 21.8 Å². The number of benzene rings is 5. The highest BCUT2D eigenvalue weighted by Gasteiger charge is 2.12. The molecule has 6 nitrogen and oxygen atoms in total. The predicted octanol–water partition coefficient (Wildman–Crippen LogP) is 8.40. The molecule has 0 aliphatic heterocycles. The van der Waals surface area contributed by atoms with Crippen molar-refractivity contribution in [2.75, 3.05) is 6.54 Å². The van der Waals surface area contributed by atoms with E-state index < -0.39 is 0 Å². The van der Waals surface area contributed by atoms with Gasteiger partial charge in [0.1, 0.15) is 23.0 Å². The third kappa shape index (κ3) is 8.54. The number of nitrogens with zero attached hydrogens (tertiary/aromatic N) is 1. The highest BCUT2D eigenvalue weighted by Crippen LogP contribution is 2.25.